The average Bonchev–Trinajstić information content (AvgIpc) is 3.05. The summed E-state index contributed by atoms with van der Waals surface area (Å²) in [5.74, 6) is 0. The Kier molecular flexibility index (Phi) is 4.60. The van der Waals surface area contributed by atoms with E-state index in [1.807, 2.05) is 24.3 Å². The van der Waals surface area contributed by atoms with E-state index >= 15 is 0 Å². The van der Waals surface area contributed by atoms with Crippen LogP contribution in [-0.4, -0.2) is 56.0 Å². The van der Waals surface area contributed by atoms with Crippen LogP contribution in [0, 0.1) is 16.0 Å². The van der Waals surface area contributed by atoms with E-state index in [2.05, 4.69) is 6.07 Å². The maximum absolute atomic E-state index is 10.6. The fraction of sp³-hybridized carbons (Fsp3) is 0.368. The van der Waals surface area contributed by atoms with Gasteiger partial charge in [-0.15, -0.1) is 0 Å². The molecule has 4 N–H and O–H groups in total. The topological polar surface area (TPSA) is 119 Å². The molecule has 0 saturated carbocycles. The lowest BCUT2D eigenvalue weighted by molar-refractivity contribution is -0.251. The molecule has 0 bridgehead atoms. The van der Waals surface area contributed by atoms with Crippen molar-refractivity contribution in [2.45, 2.75) is 37.1 Å². The summed E-state index contributed by atoms with van der Waals surface area (Å²) >= 11 is 5.48. The minimum absolute atomic E-state index is 0.164. The van der Waals surface area contributed by atoms with Crippen LogP contribution in [0.1, 0.15) is 22.9 Å². The van der Waals surface area contributed by atoms with Crippen LogP contribution in [0.4, 0.5) is 0 Å². The van der Waals surface area contributed by atoms with Crippen molar-refractivity contribution in [3.63, 3.8) is 0 Å². The van der Waals surface area contributed by atoms with Gasteiger partial charge in [0.1, 0.15) is 35.1 Å². The van der Waals surface area contributed by atoms with Gasteiger partial charge in [0.25, 0.3) is 0 Å². The zero-order valence-electron chi connectivity index (χ0n) is 14.2. The number of aromatic nitrogens is 1. The summed E-state index contributed by atoms with van der Waals surface area (Å²) in [6, 6.07) is 11.5. The molecule has 140 valence electrons. The molecule has 0 spiro atoms. The van der Waals surface area contributed by atoms with Crippen molar-refractivity contribution < 1.29 is 25.2 Å². The van der Waals surface area contributed by atoms with E-state index in [0.29, 0.717) is 12.1 Å². The zero-order valence-corrected chi connectivity index (χ0v) is 15.0. The fourth-order valence-corrected chi connectivity index (χ4v) is 4.16. The summed E-state index contributed by atoms with van der Waals surface area (Å²) in [6.45, 7) is -0.536. The Morgan fingerprint density at radius 2 is 1.89 bits per heavy atom. The highest BCUT2D eigenvalue weighted by atomic mass is 32.1. The van der Waals surface area contributed by atoms with Crippen molar-refractivity contribution in [2.75, 3.05) is 6.61 Å². The van der Waals surface area contributed by atoms with Gasteiger partial charge in [0.2, 0.25) is 0 Å². The third-order valence-electron chi connectivity index (χ3n) is 5.21. The van der Waals surface area contributed by atoms with E-state index in [9.17, 15) is 25.7 Å². The molecule has 5 atom stereocenters. The number of benzene rings is 1. The first-order valence-electron chi connectivity index (χ1n) is 8.55. The number of hydrogen-bond donors (Lipinski definition) is 4. The summed E-state index contributed by atoms with van der Waals surface area (Å²) in [5.41, 5.74) is 3.78. The number of pyridine rings is 1. The normalized spacial score (nSPS) is 29.1. The summed E-state index contributed by atoms with van der Waals surface area (Å²) in [7, 11) is 0. The molecule has 1 aromatic carbocycles. The average molecular weight is 386 g/mol. The SMILES string of the molecule is N#Cc1cc2c(n([C@@H]3O[C@H](CO)[C@H](O)[C@H](O)[C@H]3O)c1=S)-c1ccccc1C2. The molecule has 1 aromatic heterocycles. The smallest absolute Gasteiger partial charge is 0.164 e. The molecule has 4 rings (SSSR count). The molecule has 0 amide bonds. The molecule has 8 heteroatoms. The fourth-order valence-electron chi connectivity index (χ4n) is 3.86. The van der Waals surface area contributed by atoms with Crippen LogP contribution in [-0.2, 0) is 11.2 Å². The van der Waals surface area contributed by atoms with Crippen LogP contribution in [0.5, 0.6) is 0 Å². The van der Waals surface area contributed by atoms with E-state index in [1.54, 1.807) is 6.07 Å². The van der Waals surface area contributed by atoms with Gasteiger partial charge in [-0.05, 0) is 17.2 Å². The number of fused-ring (bicyclic) bond motifs is 3. The lowest BCUT2D eigenvalue weighted by atomic mass is 9.97. The van der Waals surface area contributed by atoms with Crippen molar-refractivity contribution in [1.29, 1.82) is 5.26 Å². The quantitative estimate of drug-likeness (QED) is 0.477. The molecule has 1 aliphatic carbocycles. The number of aliphatic hydroxyl groups is 4. The molecule has 1 fully saturated rings. The van der Waals surface area contributed by atoms with Gasteiger partial charge in [-0.3, -0.25) is 0 Å². The maximum Gasteiger partial charge on any atom is 0.164 e. The minimum Gasteiger partial charge on any atom is -0.394 e. The van der Waals surface area contributed by atoms with E-state index in [1.165, 1.54) is 4.57 Å². The molecule has 2 aromatic rings. The van der Waals surface area contributed by atoms with Crippen LogP contribution < -0.4 is 0 Å². The second-order valence-electron chi connectivity index (χ2n) is 6.77. The Morgan fingerprint density at radius 1 is 1.15 bits per heavy atom. The Hall–Kier alpha value is -2.12. The summed E-state index contributed by atoms with van der Waals surface area (Å²) < 4.78 is 7.40. The van der Waals surface area contributed by atoms with Gasteiger partial charge >= 0.3 is 0 Å². The number of nitrogens with zero attached hydrogens (tertiary/aromatic N) is 2. The van der Waals surface area contributed by atoms with Crippen LogP contribution in [0.2, 0.25) is 0 Å². The molecule has 2 aliphatic rings. The van der Waals surface area contributed by atoms with Crippen molar-refractivity contribution in [3.05, 3.63) is 51.7 Å². The molecule has 2 heterocycles. The highest BCUT2D eigenvalue weighted by Gasteiger charge is 2.45. The molecular weight excluding hydrogens is 368 g/mol. The number of rotatable bonds is 2. The van der Waals surface area contributed by atoms with Gasteiger partial charge in [0.15, 0.2) is 6.23 Å². The van der Waals surface area contributed by atoms with Crippen LogP contribution in [0.3, 0.4) is 0 Å². The lowest BCUT2D eigenvalue weighted by Crippen LogP contribution is -2.56. The van der Waals surface area contributed by atoms with Crippen molar-refractivity contribution in [3.8, 4) is 17.3 Å². The Balaban J connectivity index is 1.95. The third kappa shape index (κ3) is 2.72. The zero-order chi connectivity index (χ0) is 19.3. The maximum atomic E-state index is 10.6. The van der Waals surface area contributed by atoms with Crippen LogP contribution in [0.25, 0.3) is 11.3 Å². The van der Waals surface area contributed by atoms with E-state index in [4.69, 9.17) is 17.0 Å². The van der Waals surface area contributed by atoms with Gasteiger partial charge in [0.05, 0.1) is 17.9 Å². The van der Waals surface area contributed by atoms with Gasteiger partial charge in [0, 0.05) is 12.0 Å². The van der Waals surface area contributed by atoms with Crippen molar-refractivity contribution >= 4 is 12.2 Å². The van der Waals surface area contributed by atoms with Gasteiger partial charge < -0.3 is 29.7 Å². The highest BCUT2D eigenvalue weighted by molar-refractivity contribution is 7.71. The van der Waals surface area contributed by atoms with Crippen molar-refractivity contribution in [2.24, 2.45) is 0 Å². The second-order valence-corrected chi connectivity index (χ2v) is 7.16. The molecular formula is C19H18N2O5S. The Bertz CT molecular complexity index is 997. The van der Waals surface area contributed by atoms with Crippen molar-refractivity contribution in [1.82, 2.24) is 4.57 Å². The first-order valence-corrected chi connectivity index (χ1v) is 8.96. The van der Waals surface area contributed by atoms with Crippen LogP contribution in [0.15, 0.2) is 30.3 Å². The number of ether oxygens (including phenoxy) is 1. The number of nitriles is 1. The summed E-state index contributed by atoms with van der Waals surface area (Å²) in [4.78, 5) is 0. The number of hydrogen-bond acceptors (Lipinski definition) is 7. The molecule has 0 unspecified atom stereocenters. The lowest BCUT2D eigenvalue weighted by Gasteiger charge is -2.41. The summed E-state index contributed by atoms with van der Waals surface area (Å²) in [6.07, 6.45) is -6.08. The Morgan fingerprint density at radius 3 is 2.59 bits per heavy atom. The minimum atomic E-state index is -1.53. The second kappa shape index (κ2) is 6.80. The first-order chi connectivity index (χ1) is 13.0. The Labute approximate surface area is 160 Å². The van der Waals surface area contributed by atoms with E-state index < -0.39 is 37.3 Å². The first kappa shape index (κ1) is 18.3. The van der Waals surface area contributed by atoms with E-state index in [0.717, 1.165) is 16.7 Å². The van der Waals surface area contributed by atoms with Gasteiger partial charge in [-0.1, -0.05) is 36.5 Å². The standard InChI is InChI=1S/C19H18N2O5S/c20-7-11-6-10-5-9-3-1-2-4-12(9)14(10)21(19(11)27)18-17(25)16(24)15(23)13(8-22)26-18/h1-4,6,13,15-18,22-25H,5,8H2/t13-,15+,16+,17-,18-/m1/s1. The third-order valence-corrected chi connectivity index (χ3v) is 5.62. The molecule has 7 nitrogen and oxygen atoms in total. The summed E-state index contributed by atoms with van der Waals surface area (Å²) in [5, 5.41) is 49.8. The molecule has 1 aliphatic heterocycles. The van der Waals surface area contributed by atoms with Gasteiger partial charge in [-0.25, -0.2) is 0 Å². The predicted octanol–water partition coefficient (Wildman–Crippen LogP) is 0.633. The van der Waals surface area contributed by atoms with E-state index in [-0.39, 0.29) is 10.2 Å². The monoisotopic (exact) mass is 386 g/mol. The van der Waals surface area contributed by atoms with Gasteiger partial charge in [-0.2, -0.15) is 5.26 Å². The highest BCUT2D eigenvalue weighted by Crippen LogP contribution is 2.41. The largest absolute Gasteiger partial charge is 0.394 e. The molecule has 1 saturated heterocycles. The molecule has 27 heavy (non-hydrogen) atoms. The number of aliphatic hydroxyl groups excluding tert-OH is 4. The molecule has 0 radical (unpaired) electrons. The predicted molar refractivity (Wildman–Crippen MR) is 97.2 cm³/mol. The van der Waals surface area contributed by atoms with Crippen LogP contribution >= 0.6 is 12.2 Å².